The molecular weight excluding hydrogens is 840 g/mol. The predicted octanol–water partition coefficient (Wildman–Crippen LogP) is 11.1. The second kappa shape index (κ2) is 16.2. The van der Waals surface area contributed by atoms with Gasteiger partial charge in [0.1, 0.15) is 11.6 Å². The molecule has 63 heavy (non-hydrogen) atoms. The van der Waals surface area contributed by atoms with Crippen molar-refractivity contribution in [1.29, 1.82) is 0 Å². The lowest BCUT2D eigenvalue weighted by Gasteiger charge is -2.17. The van der Waals surface area contributed by atoms with Crippen molar-refractivity contribution in [2.75, 3.05) is 11.1 Å². The van der Waals surface area contributed by atoms with Crippen molar-refractivity contribution in [2.45, 2.75) is 76.8 Å². The zero-order chi connectivity index (χ0) is 44.9. The molecule has 4 heterocycles. The summed E-state index contributed by atoms with van der Waals surface area (Å²) in [5, 5.41) is 2.44. The van der Waals surface area contributed by atoms with Crippen LogP contribution in [0.2, 0.25) is 0 Å². The smallest absolute Gasteiger partial charge is 0.395 e. The Morgan fingerprint density at radius 3 is 1.52 bits per heavy atom. The number of hydrogen-bond acceptors (Lipinski definition) is 9. The molecule has 0 saturated heterocycles. The number of nitrogens with zero attached hydrogens (tertiary/aromatic N) is 2. The third-order valence-corrected chi connectivity index (χ3v) is 11.6. The van der Waals surface area contributed by atoms with E-state index in [0.717, 1.165) is 39.2 Å². The fourth-order valence-corrected chi connectivity index (χ4v) is 7.83. The Bertz CT molecular complexity index is 2780. The highest BCUT2D eigenvalue weighted by atomic mass is 35.5. The number of pyridine rings is 2. The van der Waals surface area contributed by atoms with Gasteiger partial charge in [-0.3, -0.25) is 9.59 Å². The van der Waals surface area contributed by atoms with Gasteiger partial charge in [-0.2, -0.15) is 0 Å². The van der Waals surface area contributed by atoms with Crippen LogP contribution in [0.3, 0.4) is 0 Å². The minimum atomic E-state index is -3.68. The Balaban J connectivity index is 0.000000143. The topological polar surface area (TPSA) is 135 Å². The molecule has 2 aromatic heterocycles. The largest absolute Gasteiger partial charge is 0.586 e. The Morgan fingerprint density at radius 2 is 1.05 bits per heavy atom. The van der Waals surface area contributed by atoms with E-state index in [4.69, 9.17) is 17.3 Å². The van der Waals surface area contributed by atoms with Crippen LogP contribution in [0.4, 0.5) is 29.2 Å². The molecule has 15 heteroatoms. The highest BCUT2D eigenvalue weighted by Crippen LogP contribution is 2.54. The quantitative estimate of drug-likeness (QED) is 0.119. The number of fused-ring (bicyclic) bond motifs is 2. The third-order valence-electron chi connectivity index (χ3n) is 11.3. The second-order valence-corrected chi connectivity index (χ2v) is 16.4. The summed E-state index contributed by atoms with van der Waals surface area (Å²) in [6.07, 6.45) is -4.83. The molecule has 2 aliphatic heterocycles. The third kappa shape index (κ3) is 9.12. The van der Waals surface area contributed by atoms with E-state index >= 15 is 0 Å². The van der Waals surface area contributed by atoms with Crippen molar-refractivity contribution in [1.82, 2.24) is 9.97 Å². The standard InChI is InChI=1S/C24H20F2N2O3.C13H14N2.C11H7ClF2O3/c1-14-4-3-5-16(12-14)21-15(2)6-9-20(27-21)28-22(29)23(10-11-23)17-7-8-18-19(13-17)31-24(25,26)30-18;1-9-4-3-5-11(8-9)13-10(2)6-7-12(14)15-13;12-9(15)10(3-4-10)6-1-2-7-8(5-6)17-11(13,14)16-7/h3-9,12-13H,10-11H2,1-2H3,(H,27,28,29);3-8H,1-2H3,(H2,14,15);1-2,5H,3-4H2. The Hall–Kier alpha value is -6.67. The first-order valence-corrected chi connectivity index (χ1v) is 20.4. The van der Waals surface area contributed by atoms with Crippen LogP contribution in [0.15, 0.2) is 109 Å². The van der Waals surface area contributed by atoms with Crippen molar-refractivity contribution < 1.29 is 46.1 Å². The number of nitrogen functional groups attached to an aromatic ring is 1. The maximum absolute atomic E-state index is 13.3. The number of carbonyl (C=O) groups is 2. The Kier molecular flexibility index (Phi) is 11.1. The number of halogens is 5. The fraction of sp³-hybridized carbons (Fsp3) is 0.250. The van der Waals surface area contributed by atoms with Crippen LogP contribution >= 0.6 is 11.6 Å². The van der Waals surface area contributed by atoms with Gasteiger partial charge in [0.2, 0.25) is 11.1 Å². The average Bonchev–Trinajstić information content (AvgIpc) is 4.16. The monoisotopic (exact) mass is 880 g/mol. The van der Waals surface area contributed by atoms with E-state index in [2.05, 4.69) is 59.4 Å². The lowest BCUT2D eigenvalue weighted by Crippen LogP contribution is -2.28. The molecule has 10 nitrogen and oxygen atoms in total. The van der Waals surface area contributed by atoms with E-state index < -0.39 is 28.7 Å². The van der Waals surface area contributed by atoms with Crippen LogP contribution in [0.5, 0.6) is 23.0 Å². The van der Waals surface area contributed by atoms with Crippen molar-refractivity contribution >= 4 is 34.4 Å². The molecule has 0 radical (unpaired) electrons. The minimum absolute atomic E-state index is 0.0310. The van der Waals surface area contributed by atoms with Crippen molar-refractivity contribution in [3.63, 3.8) is 0 Å². The molecule has 0 atom stereocenters. The zero-order valence-corrected chi connectivity index (χ0v) is 35.3. The molecular formula is C48H41ClF4N4O6. The first-order valence-electron chi connectivity index (χ1n) is 20.0. The van der Waals surface area contributed by atoms with Gasteiger partial charge in [0, 0.05) is 11.1 Å². The van der Waals surface area contributed by atoms with E-state index in [1.165, 1.54) is 29.8 Å². The number of carbonyl (C=O) groups excluding carboxylic acids is 2. The van der Waals surface area contributed by atoms with Gasteiger partial charge in [0.15, 0.2) is 23.0 Å². The lowest BCUT2D eigenvalue weighted by molar-refractivity contribution is -0.287. The predicted molar refractivity (Wildman–Crippen MR) is 229 cm³/mol. The zero-order valence-electron chi connectivity index (χ0n) is 34.5. The molecule has 0 bridgehead atoms. The number of hydrogen-bond donors (Lipinski definition) is 2. The molecule has 3 N–H and O–H groups in total. The molecule has 2 saturated carbocycles. The first kappa shape index (κ1) is 43.0. The SMILES string of the molecule is Cc1cccc(-c2nc(N)ccc2C)c1.Cc1cccc(-c2nc(NC(=O)C3(c4ccc5c(c4)OC(F)(F)O5)CC3)ccc2C)c1.O=C(Cl)C1(c2ccc3c(c2)OC(F)(F)O3)CC1. The van der Waals surface area contributed by atoms with E-state index in [1.54, 1.807) is 18.2 Å². The highest BCUT2D eigenvalue weighted by Gasteiger charge is 2.54. The molecule has 0 unspecified atom stereocenters. The number of rotatable bonds is 7. The van der Waals surface area contributed by atoms with Crippen molar-refractivity contribution in [3.8, 4) is 45.5 Å². The van der Waals surface area contributed by atoms with Gasteiger partial charge in [-0.1, -0.05) is 71.8 Å². The average molecular weight is 881 g/mol. The first-order chi connectivity index (χ1) is 29.8. The number of anilines is 2. The number of aromatic nitrogens is 2. The van der Waals surface area contributed by atoms with Gasteiger partial charge < -0.3 is 30.0 Å². The minimum Gasteiger partial charge on any atom is -0.395 e. The van der Waals surface area contributed by atoms with Gasteiger partial charge in [-0.25, -0.2) is 9.97 Å². The second-order valence-electron chi connectivity index (χ2n) is 16.1. The van der Waals surface area contributed by atoms with Crippen molar-refractivity contribution in [3.05, 3.63) is 143 Å². The summed E-state index contributed by atoms with van der Waals surface area (Å²) >= 11 is 5.51. The van der Waals surface area contributed by atoms with Crippen LogP contribution in [0.25, 0.3) is 22.5 Å². The number of benzene rings is 4. The lowest BCUT2D eigenvalue weighted by atomic mass is 9.94. The van der Waals surface area contributed by atoms with E-state index in [9.17, 15) is 27.2 Å². The normalized spacial score (nSPS) is 17.0. The van der Waals surface area contributed by atoms with Crippen molar-refractivity contribution in [2.24, 2.45) is 0 Å². The van der Waals surface area contributed by atoms with E-state index in [0.29, 0.717) is 48.4 Å². The summed E-state index contributed by atoms with van der Waals surface area (Å²) in [5.41, 5.74) is 13.8. The maximum atomic E-state index is 13.3. The summed E-state index contributed by atoms with van der Waals surface area (Å²) < 4.78 is 69.9. The molecule has 4 aromatic carbocycles. The summed E-state index contributed by atoms with van der Waals surface area (Å²) in [6, 6.07) is 32.7. The molecule has 6 aromatic rings. The number of ether oxygens (including phenoxy) is 4. The van der Waals surface area contributed by atoms with Crippen LogP contribution in [0, 0.1) is 27.7 Å². The molecule has 1 amide bonds. The van der Waals surface area contributed by atoms with Crippen LogP contribution in [-0.2, 0) is 20.4 Å². The van der Waals surface area contributed by atoms with Gasteiger partial charge in [-0.05, 0) is 136 Å². The van der Waals surface area contributed by atoms with Gasteiger partial charge >= 0.3 is 12.6 Å². The number of aryl methyl sites for hydroxylation is 4. The Morgan fingerprint density at radius 1 is 0.587 bits per heavy atom. The van der Waals surface area contributed by atoms with Crippen LogP contribution in [0.1, 0.15) is 59.1 Å². The van der Waals surface area contributed by atoms with Gasteiger partial charge in [0.05, 0.1) is 22.2 Å². The van der Waals surface area contributed by atoms with Crippen LogP contribution < -0.4 is 30.0 Å². The Labute approximate surface area is 365 Å². The molecule has 10 rings (SSSR count). The highest BCUT2D eigenvalue weighted by molar-refractivity contribution is 6.66. The molecule has 2 aliphatic carbocycles. The van der Waals surface area contributed by atoms with Gasteiger partial charge in [-0.15, -0.1) is 17.6 Å². The maximum Gasteiger partial charge on any atom is 0.586 e. The molecule has 2 fully saturated rings. The molecule has 324 valence electrons. The molecule has 4 aliphatic rings. The summed E-state index contributed by atoms with van der Waals surface area (Å²) in [7, 11) is 0. The summed E-state index contributed by atoms with van der Waals surface area (Å²) in [4.78, 5) is 33.5. The number of alkyl halides is 4. The van der Waals surface area contributed by atoms with Crippen LogP contribution in [-0.4, -0.2) is 33.7 Å². The summed E-state index contributed by atoms with van der Waals surface area (Å²) in [5.74, 6) is 0.616. The number of amides is 1. The molecule has 0 spiro atoms. The number of nitrogens with two attached hydrogens (primary N) is 1. The van der Waals surface area contributed by atoms with E-state index in [1.807, 2.05) is 69.3 Å². The fourth-order valence-electron chi connectivity index (χ4n) is 7.54. The number of nitrogens with one attached hydrogen (secondary N) is 1. The van der Waals surface area contributed by atoms with Gasteiger partial charge in [0.25, 0.3) is 0 Å². The summed E-state index contributed by atoms with van der Waals surface area (Å²) in [6.45, 7) is 8.11. The van der Waals surface area contributed by atoms with E-state index in [-0.39, 0.29) is 28.9 Å².